The lowest BCUT2D eigenvalue weighted by Gasteiger charge is -2.29. The highest BCUT2D eigenvalue weighted by Gasteiger charge is 2.23. The Bertz CT molecular complexity index is 1130. The van der Waals surface area contributed by atoms with Crippen molar-refractivity contribution in [3.63, 3.8) is 0 Å². The van der Waals surface area contributed by atoms with Crippen molar-refractivity contribution in [1.29, 1.82) is 5.26 Å². The van der Waals surface area contributed by atoms with Gasteiger partial charge in [0.2, 0.25) is 0 Å². The van der Waals surface area contributed by atoms with Gasteiger partial charge >= 0.3 is 0 Å². The van der Waals surface area contributed by atoms with Crippen LogP contribution in [0.15, 0.2) is 24.5 Å². The van der Waals surface area contributed by atoms with Crippen molar-refractivity contribution >= 4 is 47.0 Å². The third-order valence-electron chi connectivity index (χ3n) is 5.43. The first-order valence-electron chi connectivity index (χ1n) is 9.54. The molecule has 1 aliphatic rings. The molecule has 6 nitrogen and oxygen atoms in total. The zero-order valence-corrected chi connectivity index (χ0v) is 19.1. The molecule has 10 heteroatoms. The van der Waals surface area contributed by atoms with Crippen molar-refractivity contribution in [1.82, 2.24) is 19.3 Å². The predicted octanol–water partition coefficient (Wildman–Crippen LogP) is 5.04. The molecule has 2 aromatic heterocycles. The average molecular weight is 540 g/mol. The largest absolute Gasteiger partial charge is 0.365 e. The first-order chi connectivity index (χ1) is 14.5. The quantitative estimate of drug-likeness (QED) is 0.442. The molecule has 0 saturated heterocycles. The van der Waals surface area contributed by atoms with Crippen molar-refractivity contribution in [2.75, 3.05) is 12.4 Å². The normalized spacial score (nSPS) is 19.0. The molecule has 1 fully saturated rings. The van der Waals surface area contributed by atoms with Gasteiger partial charge in [0.1, 0.15) is 5.82 Å². The van der Waals surface area contributed by atoms with Gasteiger partial charge in [0.05, 0.1) is 23.3 Å². The van der Waals surface area contributed by atoms with Crippen LogP contribution in [0.2, 0.25) is 0 Å². The van der Waals surface area contributed by atoms with E-state index in [2.05, 4.69) is 41.8 Å². The van der Waals surface area contributed by atoms with Gasteiger partial charge in [-0.1, -0.05) is 0 Å². The van der Waals surface area contributed by atoms with Gasteiger partial charge in [-0.25, -0.2) is 18.7 Å². The second-order valence-electron chi connectivity index (χ2n) is 7.29. The van der Waals surface area contributed by atoms with E-state index < -0.39 is 11.6 Å². The maximum absolute atomic E-state index is 14.6. The van der Waals surface area contributed by atoms with Crippen LogP contribution in [-0.4, -0.2) is 33.1 Å². The van der Waals surface area contributed by atoms with Crippen molar-refractivity contribution in [2.24, 2.45) is 0 Å². The minimum absolute atomic E-state index is 0.113. The Morgan fingerprint density at radius 3 is 2.80 bits per heavy atom. The second-order valence-corrected chi connectivity index (χ2v) is 9.00. The number of fused-ring (bicyclic) bond motifs is 1. The summed E-state index contributed by atoms with van der Waals surface area (Å²) in [5, 5.41) is 16.2. The standard InChI is InChI=1S/C20H19F2IN6S/c1-25-12-3-2-4-13(7-12)27-20-17(22)9-26-19(28-20)15-10-29(30-23)18-14(15)5-11(8-24)6-16(18)21/h5-6,9-10,12-13,25H,2-4,7H2,1H3,(H,26,27,28). The molecule has 0 amide bonds. The lowest BCUT2D eigenvalue weighted by Crippen LogP contribution is -2.37. The van der Waals surface area contributed by atoms with E-state index in [4.69, 9.17) is 0 Å². The minimum Gasteiger partial charge on any atom is -0.365 e. The van der Waals surface area contributed by atoms with Crippen LogP contribution in [0.25, 0.3) is 22.3 Å². The number of rotatable bonds is 5. The topological polar surface area (TPSA) is 78.6 Å². The van der Waals surface area contributed by atoms with Crippen molar-refractivity contribution < 1.29 is 8.78 Å². The molecule has 4 rings (SSSR count). The third-order valence-corrected chi connectivity index (χ3v) is 7.14. The van der Waals surface area contributed by atoms with E-state index in [0.717, 1.165) is 31.9 Å². The molecule has 0 bridgehead atoms. The summed E-state index contributed by atoms with van der Waals surface area (Å²) < 4.78 is 30.7. The first kappa shape index (κ1) is 21.3. The summed E-state index contributed by atoms with van der Waals surface area (Å²) in [6, 6.07) is 5.29. The Morgan fingerprint density at radius 1 is 1.27 bits per heavy atom. The van der Waals surface area contributed by atoms with E-state index in [0.29, 0.717) is 22.5 Å². The van der Waals surface area contributed by atoms with Gasteiger partial charge in [-0.3, -0.25) is 3.97 Å². The summed E-state index contributed by atoms with van der Waals surface area (Å²) in [5.41, 5.74) is 1.10. The fourth-order valence-corrected chi connectivity index (χ4v) is 5.28. The fourth-order valence-electron chi connectivity index (χ4n) is 3.95. The third kappa shape index (κ3) is 4.10. The maximum Gasteiger partial charge on any atom is 0.183 e. The number of nitrogens with one attached hydrogen (secondary N) is 2. The number of aromatic nitrogens is 3. The van der Waals surface area contributed by atoms with Crippen molar-refractivity contribution in [3.05, 3.63) is 41.7 Å². The predicted molar refractivity (Wildman–Crippen MR) is 123 cm³/mol. The SMILES string of the molecule is CNC1CCCC(Nc2nc(-c3cn(SI)c4c(F)cc(C#N)cc34)ncc2F)C1. The van der Waals surface area contributed by atoms with Crippen molar-refractivity contribution in [3.8, 4) is 17.5 Å². The van der Waals surface area contributed by atoms with E-state index in [9.17, 15) is 14.0 Å². The Kier molecular flexibility index (Phi) is 6.40. The van der Waals surface area contributed by atoms with Gasteiger partial charge in [-0.15, -0.1) is 0 Å². The van der Waals surface area contributed by atoms with E-state index in [-0.39, 0.29) is 23.2 Å². The first-order valence-corrected chi connectivity index (χ1v) is 12.9. The number of benzene rings is 1. The van der Waals surface area contributed by atoms with Crippen LogP contribution >= 0.6 is 30.3 Å². The zero-order chi connectivity index (χ0) is 21.3. The summed E-state index contributed by atoms with van der Waals surface area (Å²) in [6.45, 7) is 0. The molecule has 2 heterocycles. The molecule has 2 unspecified atom stereocenters. The van der Waals surface area contributed by atoms with Crippen LogP contribution in [0, 0.1) is 23.0 Å². The highest BCUT2D eigenvalue weighted by atomic mass is 127. The molecular weight excluding hydrogens is 521 g/mol. The van der Waals surface area contributed by atoms with Gasteiger partial charge in [-0.2, -0.15) is 5.26 Å². The van der Waals surface area contributed by atoms with Crippen LogP contribution in [0.5, 0.6) is 0 Å². The number of nitriles is 1. The Morgan fingerprint density at radius 2 is 2.07 bits per heavy atom. The molecule has 30 heavy (non-hydrogen) atoms. The van der Waals surface area contributed by atoms with E-state index in [1.807, 2.05) is 13.1 Å². The van der Waals surface area contributed by atoms with Gasteiger partial charge in [0, 0.05) is 59.6 Å². The lowest BCUT2D eigenvalue weighted by molar-refractivity contribution is 0.368. The maximum atomic E-state index is 14.6. The monoisotopic (exact) mass is 540 g/mol. The minimum atomic E-state index is -0.527. The molecule has 0 spiro atoms. The van der Waals surface area contributed by atoms with Gasteiger partial charge in [0.15, 0.2) is 17.5 Å². The van der Waals surface area contributed by atoms with Gasteiger partial charge in [0.25, 0.3) is 0 Å². The van der Waals surface area contributed by atoms with E-state index in [1.54, 1.807) is 16.2 Å². The molecule has 3 aromatic rings. The summed E-state index contributed by atoms with van der Waals surface area (Å²) in [4.78, 5) is 8.57. The second kappa shape index (κ2) is 9.03. The van der Waals surface area contributed by atoms with Gasteiger partial charge in [-0.05, 0) is 44.9 Å². The zero-order valence-electron chi connectivity index (χ0n) is 16.1. The molecule has 1 aliphatic carbocycles. The molecule has 1 aromatic carbocycles. The summed E-state index contributed by atoms with van der Waals surface area (Å²) in [7, 11) is 3.23. The Balaban J connectivity index is 1.75. The smallest absolute Gasteiger partial charge is 0.183 e. The molecule has 156 valence electrons. The highest BCUT2D eigenvalue weighted by molar-refractivity contribution is 14.2. The Hall–Kier alpha value is -1.97. The Labute approximate surface area is 189 Å². The average Bonchev–Trinajstić information content (AvgIpc) is 3.14. The summed E-state index contributed by atoms with van der Waals surface area (Å²) in [6.07, 6.45) is 6.83. The molecule has 1 saturated carbocycles. The number of hydrogen-bond donors (Lipinski definition) is 2. The molecule has 0 aliphatic heterocycles. The van der Waals surface area contributed by atoms with E-state index in [1.165, 1.54) is 15.2 Å². The molecule has 2 N–H and O–H groups in total. The molecular formula is C20H19F2IN6S. The van der Waals surface area contributed by atoms with Crippen LogP contribution in [0.1, 0.15) is 31.2 Å². The summed E-state index contributed by atoms with van der Waals surface area (Å²) in [5.74, 6) is -0.605. The van der Waals surface area contributed by atoms with Crippen molar-refractivity contribution in [2.45, 2.75) is 37.8 Å². The fraction of sp³-hybridized carbons (Fsp3) is 0.350. The molecule has 0 radical (unpaired) electrons. The van der Waals surface area contributed by atoms with E-state index >= 15 is 0 Å². The number of hydrogen-bond acceptors (Lipinski definition) is 6. The van der Waals surface area contributed by atoms with Crippen LogP contribution in [-0.2, 0) is 0 Å². The summed E-state index contributed by atoms with van der Waals surface area (Å²) >= 11 is 2.05. The number of halogens is 3. The highest BCUT2D eigenvalue weighted by Crippen LogP contribution is 2.36. The lowest BCUT2D eigenvalue weighted by atomic mass is 9.91. The van der Waals surface area contributed by atoms with Crippen LogP contribution < -0.4 is 10.6 Å². The number of anilines is 1. The molecule has 2 atom stereocenters. The number of nitrogens with zero attached hydrogens (tertiary/aromatic N) is 4. The van der Waals surface area contributed by atoms with Crippen LogP contribution in [0.4, 0.5) is 14.6 Å². The van der Waals surface area contributed by atoms with Gasteiger partial charge < -0.3 is 10.6 Å². The van der Waals surface area contributed by atoms with Crippen LogP contribution in [0.3, 0.4) is 0 Å².